The van der Waals surface area contributed by atoms with Gasteiger partial charge in [-0.15, -0.1) is 0 Å². The minimum atomic E-state index is 0.175. The van der Waals surface area contributed by atoms with E-state index in [1.807, 2.05) is 0 Å². The maximum absolute atomic E-state index is 11.2. The molecule has 76 valence electrons. The van der Waals surface area contributed by atoms with Crippen molar-refractivity contribution in [2.75, 3.05) is 33.8 Å². The van der Waals surface area contributed by atoms with E-state index in [0.29, 0.717) is 6.42 Å². The number of morpholine rings is 1. The van der Waals surface area contributed by atoms with Gasteiger partial charge in [-0.25, -0.2) is 0 Å². The molecule has 1 aliphatic rings. The third-order valence-corrected chi connectivity index (χ3v) is 2.18. The van der Waals surface area contributed by atoms with Crippen LogP contribution in [0.25, 0.3) is 0 Å². The fourth-order valence-corrected chi connectivity index (χ4v) is 1.31. The van der Waals surface area contributed by atoms with Crippen molar-refractivity contribution >= 4 is 5.91 Å². The highest BCUT2D eigenvalue weighted by atomic mass is 16.5. The third kappa shape index (κ3) is 3.74. The summed E-state index contributed by atoms with van der Waals surface area (Å²) in [5.41, 5.74) is 0. The van der Waals surface area contributed by atoms with Gasteiger partial charge in [0.25, 0.3) is 0 Å². The van der Waals surface area contributed by atoms with Crippen molar-refractivity contribution < 1.29 is 9.53 Å². The van der Waals surface area contributed by atoms with E-state index in [9.17, 15) is 4.79 Å². The minimum absolute atomic E-state index is 0.175. The summed E-state index contributed by atoms with van der Waals surface area (Å²) >= 11 is 0. The first-order valence-corrected chi connectivity index (χ1v) is 4.72. The SMILES string of the molecule is CN(C)C(=O)CCC1CNCCO1. The molecule has 0 bridgehead atoms. The van der Waals surface area contributed by atoms with E-state index in [-0.39, 0.29) is 12.0 Å². The molecule has 0 aromatic carbocycles. The molecule has 1 atom stereocenters. The first kappa shape index (κ1) is 10.5. The molecule has 1 rings (SSSR count). The molecule has 0 aromatic rings. The van der Waals surface area contributed by atoms with Crippen molar-refractivity contribution in [2.45, 2.75) is 18.9 Å². The second-order valence-electron chi connectivity index (χ2n) is 3.52. The first-order chi connectivity index (χ1) is 6.20. The van der Waals surface area contributed by atoms with E-state index in [1.165, 1.54) is 0 Å². The van der Waals surface area contributed by atoms with E-state index >= 15 is 0 Å². The zero-order valence-corrected chi connectivity index (χ0v) is 8.38. The average molecular weight is 186 g/mol. The van der Waals surface area contributed by atoms with Crippen molar-refractivity contribution in [3.8, 4) is 0 Å². The number of hydrogen-bond donors (Lipinski definition) is 1. The fraction of sp³-hybridized carbons (Fsp3) is 0.889. The van der Waals surface area contributed by atoms with Gasteiger partial charge in [-0.2, -0.15) is 0 Å². The lowest BCUT2D eigenvalue weighted by atomic mass is 10.1. The lowest BCUT2D eigenvalue weighted by Crippen LogP contribution is -2.39. The van der Waals surface area contributed by atoms with Gasteiger partial charge in [-0.1, -0.05) is 0 Å². The quantitative estimate of drug-likeness (QED) is 0.666. The van der Waals surface area contributed by atoms with Crippen LogP contribution in [-0.4, -0.2) is 50.7 Å². The van der Waals surface area contributed by atoms with Crippen LogP contribution in [0.2, 0.25) is 0 Å². The number of rotatable bonds is 3. The monoisotopic (exact) mass is 186 g/mol. The number of amides is 1. The van der Waals surface area contributed by atoms with E-state index in [0.717, 1.165) is 26.1 Å². The summed E-state index contributed by atoms with van der Waals surface area (Å²) in [4.78, 5) is 12.9. The van der Waals surface area contributed by atoms with E-state index < -0.39 is 0 Å². The topological polar surface area (TPSA) is 41.6 Å². The van der Waals surface area contributed by atoms with E-state index in [1.54, 1.807) is 19.0 Å². The molecule has 1 aliphatic heterocycles. The van der Waals surface area contributed by atoms with Crippen LogP contribution < -0.4 is 5.32 Å². The van der Waals surface area contributed by atoms with E-state index in [2.05, 4.69) is 5.32 Å². The highest BCUT2D eigenvalue weighted by Gasteiger charge is 2.15. The van der Waals surface area contributed by atoms with Crippen LogP contribution >= 0.6 is 0 Å². The lowest BCUT2D eigenvalue weighted by Gasteiger charge is -2.23. The highest BCUT2D eigenvalue weighted by molar-refractivity contribution is 5.75. The number of nitrogens with one attached hydrogen (secondary N) is 1. The van der Waals surface area contributed by atoms with Gasteiger partial charge in [0.1, 0.15) is 0 Å². The molecule has 13 heavy (non-hydrogen) atoms. The molecule has 1 unspecified atom stereocenters. The second kappa shape index (κ2) is 5.19. The molecule has 4 nitrogen and oxygen atoms in total. The normalized spacial score (nSPS) is 22.8. The molecule has 0 spiro atoms. The van der Waals surface area contributed by atoms with Gasteiger partial charge >= 0.3 is 0 Å². The van der Waals surface area contributed by atoms with Crippen molar-refractivity contribution in [3.63, 3.8) is 0 Å². The van der Waals surface area contributed by atoms with Crippen LogP contribution in [0.4, 0.5) is 0 Å². The molecule has 1 fully saturated rings. The number of carbonyl (C=O) groups is 1. The lowest BCUT2D eigenvalue weighted by molar-refractivity contribution is -0.129. The first-order valence-electron chi connectivity index (χ1n) is 4.72. The van der Waals surface area contributed by atoms with Gasteiger partial charge in [0.05, 0.1) is 12.7 Å². The van der Waals surface area contributed by atoms with Gasteiger partial charge < -0.3 is 15.0 Å². The molecule has 1 saturated heterocycles. The smallest absolute Gasteiger partial charge is 0.222 e. The number of ether oxygens (including phenoxy) is 1. The molecular weight excluding hydrogens is 168 g/mol. The fourth-order valence-electron chi connectivity index (χ4n) is 1.31. The number of nitrogens with zero attached hydrogens (tertiary/aromatic N) is 1. The Morgan fingerprint density at radius 1 is 1.62 bits per heavy atom. The van der Waals surface area contributed by atoms with E-state index in [4.69, 9.17) is 4.74 Å². The second-order valence-corrected chi connectivity index (χ2v) is 3.52. The summed E-state index contributed by atoms with van der Waals surface area (Å²) < 4.78 is 5.47. The maximum atomic E-state index is 11.2. The Bertz CT molecular complexity index is 165. The van der Waals surface area contributed by atoms with Gasteiger partial charge in [0.2, 0.25) is 5.91 Å². The van der Waals surface area contributed by atoms with Crippen LogP contribution in [-0.2, 0) is 9.53 Å². The van der Waals surface area contributed by atoms with Crippen molar-refractivity contribution in [1.82, 2.24) is 10.2 Å². The Balaban J connectivity index is 2.13. The number of carbonyl (C=O) groups excluding carboxylic acids is 1. The minimum Gasteiger partial charge on any atom is -0.376 e. The Labute approximate surface area is 79.2 Å². The summed E-state index contributed by atoms with van der Waals surface area (Å²) in [7, 11) is 3.56. The zero-order chi connectivity index (χ0) is 9.68. The molecule has 0 radical (unpaired) electrons. The van der Waals surface area contributed by atoms with Gasteiger partial charge in [0.15, 0.2) is 0 Å². The molecule has 1 amide bonds. The van der Waals surface area contributed by atoms with Crippen LogP contribution in [0, 0.1) is 0 Å². The summed E-state index contributed by atoms with van der Waals surface area (Å²) in [6.07, 6.45) is 1.63. The van der Waals surface area contributed by atoms with Gasteiger partial charge in [0, 0.05) is 33.6 Å². The highest BCUT2D eigenvalue weighted by Crippen LogP contribution is 2.05. The van der Waals surface area contributed by atoms with Gasteiger partial charge in [-0.3, -0.25) is 4.79 Å². The van der Waals surface area contributed by atoms with Crippen molar-refractivity contribution in [3.05, 3.63) is 0 Å². The summed E-state index contributed by atoms with van der Waals surface area (Å²) in [5, 5.41) is 3.24. The Hall–Kier alpha value is -0.610. The third-order valence-electron chi connectivity index (χ3n) is 2.18. The standard InChI is InChI=1S/C9H18N2O2/c1-11(2)9(12)4-3-8-7-10-5-6-13-8/h8,10H,3-7H2,1-2H3. The summed E-state index contributed by atoms with van der Waals surface area (Å²) in [5.74, 6) is 0.175. The molecule has 0 saturated carbocycles. The van der Waals surface area contributed by atoms with Crippen LogP contribution in [0.15, 0.2) is 0 Å². The Morgan fingerprint density at radius 2 is 2.38 bits per heavy atom. The van der Waals surface area contributed by atoms with Crippen molar-refractivity contribution in [2.24, 2.45) is 0 Å². The predicted octanol–water partition coefficient (Wildman–Crippen LogP) is -0.157. The largest absolute Gasteiger partial charge is 0.376 e. The predicted molar refractivity (Wildman–Crippen MR) is 50.5 cm³/mol. The Morgan fingerprint density at radius 3 is 2.92 bits per heavy atom. The average Bonchev–Trinajstić information content (AvgIpc) is 2.15. The zero-order valence-electron chi connectivity index (χ0n) is 8.38. The molecular formula is C9H18N2O2. The van der Waals surface area contributed by atoms with Gasteiger partial charge in [-0.05, 0) is 6.42 Å². The molecule has 4 heteroatoms. The molecule has 0 aromatic heterocycles. The van der Waals surface area contributed by atoms with Crippen LogP contribution in [0.1, 0.15) is 12.8 Å². The summed E-state index contributed by atoms with van der Waals surface area (Å²) in [6, 6.07) is 0. The van der Waals surface area contributed by atoms with Crippen LogP contribution in [0.3, 0.4) is 0 Å². The Kier molecular flexibility index (Phi) is 4.18. The van der Waals surface area contributed by atoms with Crippen LogP contribution in [0.5, 0.6) is 0 Å². The summed E-state index contributed by atoms with van der Waals surface area (Å²) in [6.45, 7) is 2.57. The number of hydrogen-bond acceptors (Lipinski definition) is 3. The van der Waals surface area contributed by atoms with Crippen molar-refractivity contribution in [1.29, 1.82) is 0 Å². The molecule has 0 aliphatic carbocycles. The maximum Gasteiger partial charge on any atom is 0.222 e. The molecule has 1 heterocycles. The molecule has 1 N–H and O–H groups in total.